The molecule has 0 aromatic heterocycles. The monoisotopic (exact) mass is 434 g/mol. The number of carbonyl (C=O) groups is 1. The number of fused-ring (bicyclic) bond motifs is 1. The fourth-order valence-electron chi connectivity index (χ4n) is 3.86. The first-order valence-corrected chi connectivity index (χ1v) is 11.7. The molecule has 30 heavy (non-hydrogen) atoms. The minimum atomic E-state index is -3.91. The molecule has 0 fully saturated rings. The third-order valence-electron chi connectivity index (χ3n) is 5.11. The number of nitrogens with one attached hydrogen (secondary N) is 1. The molecule has 0 radical (unpaired) electrons. The van der Waals surface area contributed by atoms with Crippen molar-refractivity contribution >= 4 is 21.6 Å². The number of sulfonamides is 1. The summed E-state index contributed by atoms with van der Waals surface area (Å²) in [5.41, 5.74) is 0.183. The molecule has 1 heterocycles. The van der Waals surface area contributed by atoms with Crippen LogP contribution in [0.2, 0.25) is 0 Å². The number of para-hydroxylation sites is 2. The second kappa shape index (κ2) is 8.26. The lowest BCUT2D eigenvalue weighted by atomic mass is 9.89. The van der Waals surface area contributed by atoms with E-state index in [1.165, 1.54) is 18.2 Å². The van der Waals surface area contributed by atoms with E-state index in [1.54, 1.807) is 13.0 Å². The molecule has 0 spiro atoms. The molecule has 3 rings (SSSR count). The SMILES string of the molecule is CC[C@H](C(=O)N[C@H]1CC(C)(C)Oc2ccccc21)N(c1ccccc1F)S(C)(=O)=O. The first-order valence-electron chi connectivity index (χ1n) is 9.86. The van der Waals surface area contributed by atoms with Crippen molar-refractivity contribution in [2.24, 2.45) is 0 Å². The molecule has 0 aliphatic carbocycles. The van der Waals surface area contributed by atoms with Crippen LogP contribution in [0.5, 0.6) is 5.75 Å². The number of hydrogen-bond donors (Lipinski definition) is 1. The fourth-order valence-corrected chi connectivity index (χ4v) is 5.08. The predicted molar refractivity (Wildman–Crippen MR) is 114 cm³/mol. The number of benzene rings is 2. The van der Waals surface area contributed by atoms with Gasteiger partial charge < -0.3 is 10.1 Å². The number of hydrogen-bond acceptors (Lipinski definition) is 4. The summed E-state index contributed by atoms with van der Waals surface area (Å²) in [5.74, 6) is -0.503. The Bertz CT molecular complexity index is 1040. The van der Waals surface area contributed by atoms with E-state index in [2.05, 4.69) is 5.32 Å². The summed E-state index contributed by atoms with van der Waals surface area (Å²) in [5, 5.41) is 2.98. The molecule has 1 aliphatic heterocycles. The van der Waals surface area contributed by atoms with Gasteiger partial charge in [0.25, 0.3) is 0 Å². The standard InChI is InChI=1S/C22H27FN2O4S/c1-5-18(25(30(4,27)28)19-12-8-7-11-16(19)23)21(26)24-17-14-22(2,3)29-20-13-9-6-10-15(17)20/h6-13,17-18H,5,14H2,1-4H3,(H,24,26)/t17-,18+/m0/s1. The van der Waals surface area contributed by atoms with Gasteiger partial charge in [-0.15, -0.1) is 0 Å². The Morgan fingerprint density at radius 3 is 2.50 bits per heavy atom. The van der Waals surface area contributed by atoms with Crippen LogP contribution >= 0.6 is 0 Å². The highest BCUT2D eigenvalue weighted by Crippen LogP contribution is 2.39. The van der Waals surface area contributed by atoms with Crippen LogP contribution in [0, 0.1) is 5.82 Å². The summed E-state index contributed by atoms with van der Waals surface area (Å²) in [7, 11) is -3.91. The molecule has 2 aromatic rings. The maximum absolute atomic E-state index is 14.4. The smallest absolute Gasteiger partial charge is 0.244 e. The number of rotatable bonds is 6. The number of anilines is 1. The van der Waals surface area contributed by atoms with E-state index in [9.17, 15) is 17.6 Å². The number of ether oxygens (including phenoxy) is 1. The van der Waals surface area contributed by atoms with Gasteiger partial charge in [-0.25, -0.2) is 12.8 Å². The normalized spacial score (nSPS) is 18.6. The number of nitrogens with zero attached hydrogens (tertiary/aromatic N) is 1. The van der Waals surface area contributed by atoms with Gasteiger partial charge in [0.2, 0.25) is 15.9 Å². The molecule has 2 aromatic carbocycles. The molecule has 2 atom stereocenters. The van der Waals surface area contributed by atoms with E-state index in [4.69, 9.17) is 4.74 Å². The van der Waals surface area contributed by atoms with Gasteiger partial charge in [-0.05, 0) is 38.5 Å². The lowest BCUT2D eigenvalue weighted by Crippen LogP contribution is -2.51. The van der Waals surface area contributed by atoms with E-state index >= 15 is 0 Å². The summed E-state index contributed by atoms with van der Waals surface area (Å²) in [6.45, 7) is 5.56. The zero-order chi connectivity index (χ0) is 22.1. The minimum absolute atomic E-state index is 0.144. The first kappa shape index (κ1) is 22.1. The predicted octanol–water partition coefficient (Wildman–Crippen LogP) is 3.79. The Labute approximate surface area is 177 Å². The largest absolute Gasteiger partial charge is 0.487 e. The molecular weight excluding hydrogens is 407 g/mol. The van der Waals surface area contributed by atoms with Gasteiger partial charge >= 0.3 is 0 Å². The topological polar surface area (TPSA) is 75.7 Å². The maximum atomic E-state index is 14.4. The van der Waals surface area contributed by atoms with Crippen LogP contribution in [0.15, 0.2) is 48.5 Å². The van der Waals surface area contributed by atoms with Gasteiger partial charge in [0.05, 0.1) is 18.0 Å². The molecular formula is C22H27FN2O4S. The van der Waals surface area contributed by atoms with Gasteiger partial charge in [0, 0.05) is 12.0 Å². The third-order valence-corrected chi connectivity index (χ3v) is 6.28. The zero-order valence-electron chi connectivity index (χ0n) is 17.6. The van der Waals surface area contributed by atoms with Crippen LogP contribution in [0.1, 0.15) is 45.2 Å². The van der Waals surface area contributed by atoms with Gasteiger partial charge in [0.1, 0.15) is 23.2 Å². The van der Waals surface area contributed by atoms with Crippen molar-refractivity contribution in [3.63, 3.8) is 0 Å². The quantitative estimate of drug-likeness (QED) is 0.751. The third kappa shape index (κ3) is 4.59. The van der Waals surface area contributed by atoms with Crippen LogP contribution < -0.4 is 14.4 Å². The van der Waals surface area contributed by atoms with E-state index in [-0.39, 0.29) is 18.2 Å². The van der Waals surface area contributed by atoms with Crippen molar-refractivity contribution < 1.29 is 22.3 Å². The Morgan fingerprint density at radius 1 is 1.23 bits per heavy atom. The summed E-state index contributed by atoms with van der Waals surface area (Å²) in [6, 6.07) is 11.5. The molecule has 6 nitrogen and oxygen atoms in total. The molecule has 1 N–H and O–H groups in total. The highest BCUT2D eigenvalue weighted by molar-refractivity contribution is 7.92. The average Bonchev–Trinajstić information content (AvgIpc) is 2.65. The second-order valence-corrected chi connectivity index (χ2v) is 9.96. The number of amides is 1. The highest BCUT2D eigenvalue weighted by atomic mass is 32.2. The van der Waals surface area contributed by atoms with Crippen molar-refractivity contribution in [1.82, 2.24) is 5.32 Å². The van der Waals surface area contributed by atoms with E-state index in [0.29, 0.717) is 12.2 Å². The average molecular weight is 435 g/mol. The molecule has 1 amide bonds. The van der Waals surface area contributed by atoms with Crippen molar-refractivity contribution in [3.8, 4) is 5.75 Å². The molecule has 0 bridgehead atoms. The summed E-state index contributed by atoms with van der Waals surface area (Å²) in [4.78, 5) is 13.3. The Balaban J connectivity index is 1.95. The van der Waals surface area contributed by atoms with Gasteiger partial charge in [-0.2, -0.15) is 0 Å². The minimum Gasteiger partial charge on any atom is -0.487 e. The van der Waals surface area contributed by atoms with E-state index < -0.39 is 33.4 Å². The molecule has 0 saturated heterocycles. The highest BCUT2D eigenvalue weighted by Gasteiger charge is 2.38. The van der Waals surface area contributed by atoms with Crippen LogP contribution in [-0.4, -0.2) is 32.2 Å². The van der Waals surface area contributed by atoms with E-state index in [1.807, 2.05) is 38.1 Å². The van der Waals surface area contributed by atoms with Crippen LogP contribution in [0.4, 0.5) is 10.1 Å². The van der Waals surface area contributed by atoms with Gasteiger partial charge in [-0.1, -0.05) is 37.3 Å². The molecule has 0 saturated carbocycles. The lowest BCUT2D eigenvalue weighted by Gasteiger charge is -2.39. The zero-order valence-corrected chi connectivity index (χ0v) is 18.4. The second-order valence-electron chi connectivity index (χ2n) is 8.10. The van der Waals surface area contributed by atoms with Crippen LogP contribution in [0.25, 0.3) is 0 Å². The van der Waals surface area contributed by atoms with Crippen molar-refractivity contribution in [1.29, 1.82) is 0 Å². The summed E-state index contributed by atoms with van der Waals surface area (Å²) < 4.78 is 46.4. The number of halogens is 1. The van der Waals surface area contributed by atoms with E-state index in [0.717, 1.165) is 16.1 Å². The van der Waals surface area contributed by atoms with Crippen molar-refractivity contribution in [3.05, 3.63) is 59.9 Å². The van der Waals surface area contributed by atoms with Crippen molar-refractivity contribution in [2.45, 2.75) is 51.3 Å². The van der Waals surface area contributed by atoms with Crippen LogP contribution in [0.3, 0.4) is 0 Å². The Kier molecular flexibility index (Phi) is 6.08. The summed E-state index contributed by atoms with van der Waals surface area (Å²) in [6.07, 6.45) is 1.68. The molecule has 162 valence electrons. The molecule has 0 unspecified atom stereocenters. The molecule has 8 heteroatoms. The van der Waals surface area contributed by atoms with Gasteiger partial charge in [-0.3, -0.25) is 9.10 Å². The van der Waals surface area contributed by atoms with Crippen molar-refractivity contribution in [2.75, 3.05) is 10.6 Å². The fraction of sp³-hybridized carbons (Fsp3) is 0.409. The Morgan fingerprint density at radius 2 is 1.87 bits per heavy atom. The first-order chi connectivity index (χ1) is 14.0. The van der Waals surface area contributed by atoms with Crippen LogP contribution in [-0.2, 0) is 14.8 Å². The number of carbonyl (C=O) groups excluding carboxylic acids is 1. The van der Waals surface area contributed by atoms with Gasteiger partial charge in [0.15, 0.2) is 0 Å². The Hall–Kier alpha value is -2.61. The maximum Gasteiger partial charge on any atom is 0.244 e. The molecule has 1 aliphatic rings. The lowest BCUT2D eigenvalue weighted by molar-refractivity contribution is -0.123. The summed E-state index contributed by atoms with van der Waals surface area (Å²) >= 11 is 0.